The molecule has 0 saturated carbocycles. The molecule has 5 heterocycles. The molecule has 1 amide bonds. The Morgan fingerprint density at radius 1 is 1.00 bits per heavy atom. The lowest BCUT2D eigenvalue weighted by molar-refractivity contribution is -0.487. The topological polar surface area (TPSA) is 169 Å². The van der Waals surface area contributed by atoms with E-state index in [4.69, 9.17) is 0 Å². The Kier molecular flexibility index (Phi) is 9.46. The van der Waals surface area contributed by atoms with Gasteiger partial charge in [0.05, 0.1) is 11.5 Å². The number of aromatic nitrogens is 2. The average Bonchev–Trinajstić information content (AvgIpc) is 3.52. The standard InChI is InChI=1S/C33H40N4O6S2/c1-14-19(6-8-28(38)39)24(34-21(14)10-23-16(3)31(27-13-45-27)33(43)36-23)12-25-20(7-9-29(40)41)15(2)22(35-25)11-26-30(18(5)44)17(4)32(42)37-26/h10-12,16-18,23,30,34-35,44H,6-9,13H2,1-5H3,(H,36,43)(H,37,42)(H,38,39)(H,40,41)/p+1/b21-10+,24-12+,26-11-,31-27+/t16?,17-,18+,23-,30+/m1/s1. The van der Waals surface area contributed by atoms with Gasteiger partial charge in [0.2, 0.25) is 5.91 Å². The van der Waals surface area contributed by atoms with Crippen LogP contribution in [0.1, 0.15) is 67.3 Å². The normalized spacial score (nSPS) is 26.9. The van der Waals surface area contributed by atoms with Gasteiger partial charge in [0.1, 0.15) is 0 Å². The molecular formula is C33H41N4O6S2+. The number of carbonyl (C=O) groups is 3. The summed E-state index contributed by atoms with van der Waals surface area (Å²) in [6.07, 6.45) is 6.37. The van der Waals surface area contributed by atoms with Crippen LogP contribution in [-0.4, -0.2) is 66.1 Å². The number of carboxylic acids is 2. The molecule has 0 spiro atoms. The van der Waals surface area contributed by atoms with Crippen molar-refractivity contribution in [3.8, 4) is 0 Å². The summed E-state index contributed by atoms with van der Waals surface area (Å²) in [5.74, 6) is -0.980. The predicted molar refractivity (Wildman–Crippen MR) is 179 cm³/mol. The van der Waals surface area contributed by atoms with Crippen LogP contribution in [0.2, 0.25) is 0 Å². The van der Waals surface area contributed by atoms with Crippen LogP contribution in [-0.2, 0) is 27.2 Å². The highest BCUT2D eigenvalue weighted by atomic mass is 32.2. The second-order valence-electron chi connectivity index (χ2n) is 12.3. The van der Waals surface area contributed by atoms with Crippen molar-refractivity contribution in [3.05, 3.63) is 60.5 Å². The van der Waals surface area contributed by atoms with E-state index in [9.17, 15) is 29.7 Å². The number of rotatable bonds is 10. The number of aliphatic hydroxyl groups excluding tert-OH is 1. The molecule has 7 N–H and O–H groups in total. The summed E-state index contributed by atoms with van der Waals surface area (Å²) < 4.78 is 0. The first kappa shape index (κ1) is 32.7. The smallest absolute Gasteiger partial charge is 0.363 e. The second-order valence-corrected chi connectivity index (χ2v) is 14.2. The molecule has 240 valence electrons. The zero-order valence-corrected chi connectivity index (χ0v) is 27.8. The van der Waals surface area contributed by atoms with Crippen molar-refractivity contribution < 1.29 is 34.7 Å². The first-order chi connectivity index (χ1) is 21.3. The summed E-state index contributed by atoms with van der Waals surface area (Å²) in [6, 6.07) is -0.144. The number of amides is 1. The van der Waals surface area contributed by atoms with Gasteiger partial charge in [0, 0.05) is 74.4 Å². The van der Waals surface area contributed by atoms with Crippen LogP contribution in [0.15, 0.2) is 16.2 Å². The van der Waals surface area contributed by atoms with Crippen molar-refractivity contribution in [1.29, 1.82) is 0 Å². The maximum absolute atomic E-state index is 12.5. The number of hydrogen-bond donors (Lipinski definition) is 8. The van der Waals surface area contributed by atoms with Crippen LogP contribution in [0.3, 0.4) is 0 Å². The van der Waals surface area contributed by atoms with Crippen LogP contribution < -0.4 is 21.0 Å². The van der Waals surface area contributed by atoms with E-state index >= 15 is 0 Å². The van der Waals surface area contributed by atoms with Crippen molar-refractivity contribution in [3.63, 3.8) is 0 Å². The number of carbonyl (C=O) groups excluding carboxylic acids is 1. The predicted octanol–water partition coefficient (Wildman–Crippen LogP) is 1.70. The number of H-pyrrole nitrogens is 2. The lowest BCUT2D eigenvalue weighted by atomic mass is 9.91. The Hall–Kier alpha value is -3.64. The Labute approximate surface area is 271 Å². The molecule has 12 heteroatoms. The monoisotopic (exact) mass is 653 g/mol. The van der Waals surface area contributed by atoms with E-state index in [1.165, 1.54) is 4.91 Å². The fraction of sp³-hybridized carbons (Fsp3) is 0.455. The minimum absolute atomic E-state index is 0.0484. The number of hydrogen-bond acceptors (Lipinski definition) is 5. The Morgan fingerprint density at radius 3 is 2.24 bits per heavy atom. The molecule has 3 aliphatic rings. The Balaban J connectivity index is 1.63. The van der Waals surface area contributed by atoms with E-state index in [1.54, 1.807) is 11.8 Å². The van der Waals surface area contributed by atoms with E-state index in [2.05, 4.69) is 39.8 Å². The zero-order chi connectivity index (χ0) is 32.7. The molecule has 5 rings (SSSR count). The van der Waals surface area contributed by atoms with Crippen molar-refractivity contribution in [2.24, 2.45) is 17.8 Å². The van der Waals surface area contributed by atoms with E-state index in [-0.39, 0.29) is 53.7 Å². The Morgan fingerprint density at radius 2 is 1.64 bits per heavy atom. The van der Waals surface area contributed by atoms with E-state index < -0.39 is 11.9 Å². The molecule has 2 saturated heterocycles. The summed E-state index contributed by atoms with van der Waals surface area (Å²) in [5.41, 5.74) is 6.70. The number of thioether (sulfide) groups is 1. The maximum atomic E-state index is 12.5. The van der Waals surface area contributed by atoms with Crippen molar-refractivity contribution in [2.45, 2.75) is 71.6 Å². The summed E-state index contributed by atoms with van der Waals surface area (Å²) >= 11 is 6.36. The quantitative estimate of drug-likeness (QED) is 0.143. The number of aliphatic carboxylic acids is 2. The van der Waals surface area contributed by atoms with Gasteiger partial charge < -0.3 is 30.6 Å². The van der Waals surface area contributed by atoms with Gasteiger partial charge in [-0.1, -0.05) is 20.8 Å². The van der Waals surface area contributed by atoms with Gasteiger partial charge in [0.25, 0.3) is 0 Å². The van der Waals surface area contributed by atoms with Gasteiger partial charge in [-0.3, -0.25) is 14.4 Å². The largest absolute Gasteiger partial charge is 0.481 e. The number of allylic oxidation sites excluding steroid dienone is 1. The molecule has 2 aromatic heterocycles. The summed E-state index contributed by atoms with van der Waals surface area (Å²) in [6.45, 7) is 9.81. The molecule has 3 aliphatic heterocycles. The van der Waals surface area contributed by atoms with Crippen LogP contribution in [0.5, 0.6) is 0 Å². The fourth-order valence-corrected chi connectivity index (χ4v) is 7.69. The molecule has 0 aromatic carbocycles. The minimum Gasteiger partial charge on any atom is -0.481 e. The third-order valence-corrected chi connectivity index (χ3v) is 10.4. The SMILES string of the molecule is Cc1c(/C=C2\NC(=O)[C@H](C)[C@H]2[C@H](C)S)[nH]c(/C=c2/[nH]/c(=C/[C@H]3[NH+]=C(O)/C(=C4\CS4)C3C)c(C)c2CCC(=O)O)c1CCC(=O)O. The van der Waals surface area contributed by atoms with Crippen molar-refractivity contribution >= 4 is 66.4 Å². The molecule has 2 aromatic rings. The fourth-order valence-electron chi connectivity index (χ4n) is 6.60. The average molecular weight is 654 g/mol. The first-order valence-corrected chi connectivity index (χ1v) is 16.7. The summed E-state index contributed by atoms with van der Waals surface area (Å²) in [5, 5.41) is 34.1. The van der Waals surface area contributed by atoms with E-state index in [0.717, 1.165) is 55.7 Å². The lowest BCUT2D eigenvalue weighted by Crippen LogP contribution is -2.76. The van der Waals surface area contributed by atoms with Gasteiger partial charge >= 0.3 is 17.8 Å². The molecule has 10 nitrogen and oxygen atoms in total. The lowest BCUT2D eigenvalue weighted by Gasteiger charge is -2.17. The Bertz CT molecular complexity index is 1770. The third-order valence-electron chi connectivity index (χ3n) is 9.25. The van der Waals surface area contributed by atoms with Crippen LogP contribution in [0, 0.1) is 31.6 Å². The van der Waals surface area contributed by atoms with Gasteiger partial charge in [-0.25, -0.2) is 4.99 Å². The first-order valence-electron chi connectivity index (χ1n) is 15.2. The molecule has 45 heavy (non-hydrogen) atoms. The number of thiol groups is 1. The van der Waals surface area contributed by atoms with Gasteiger partial charge in [-0.15, -0.1) is 11.8 Å². The summed E-state index contributed by atoms with van der Waals surface area (Å²) in [4.78, 5) is 47.0. The molecule has 0 bridgehead atoms. The van der Waals surface area contributed by atoms with Gasteiger partial charge in [0.15, 0.2) is 6.04 Å². The van der Waals surface area contributed by atoms with E-state index in [1.807, 2.05) is 45.9 Å². The maximum Gasteiger partial charge on any atom is 0.363 e. The van der Waals surface area contributed by atoms with Crippen LogP contribution in [0.25, 0.3) is 18.2 Å². The molecular weight excluding hydrogens is 613 g/mol. The minimum atomic E-state index is -0.908. The number of aromatic amines is 2. The van der Waals surface area contributed by atoms with Crippen molar-refractivity contribution in [1.82, 2.24) is 15.3 Å². The molecule has 0 radical (unpaired) electrons. The number of nitrogens with one attached hydrogen (secondary N) is 4. The third kappa shape index (κ3) is 6.81. The highest BCUT2D eigenvalue weighted by Crippen LogP contribution is 2.41. The van der Waals surface area contributed by atoms with E-state index in [0.29, 0.717) is 18.5 Å². The second kappa shape index (κ2) is 13.0. The highest BCUT2D eigenvalue weighted by Gasteiger charge is 2.41. The van der Waals surface area contributed by atoms with Crippen molar-refractivity contribution in [2.75, 3.05) is 5.75 Å². The number of carboxylic acid groups (broad SMARTS) is 2. The number of aliphatic hydroxyl groups is 1. The van der Waals surface area contributed by atoms with Gasteiger partial charge in [-0.05, 0) is 61.1 Å². The van der Waals surface area contributed by atoms with Crippen LogP contribution in [0.4, 0.5) is 0 Å². The highest BCUT2D eigenvalue weighted by molar-refractivity contribution is 8.11. The molecule has 1 unspecified atom stereocenters. The summed E-state index contributed by atoms with van der Waals surface area (Å²) in [7, 11) is 0. The zero-order valence-electron chi connectivity index (χ0n) is 26.1. The molecule has 2 fully saturated rings. The molecule has 5 atom stereocenters. The molecule has 0 aliphatic carbocycles. The van der Waals surface area contributed by atoms with Gasteiger partial charge in [-0.2, -0.15) is 12.6 Å². The van der Waals surface area contributed by atoms with Crippen LogP contribution >= 0.6 is 24.4 Å².